The fourth-order valence-corrected chi connectivity index (χ4v) is 4.18. The molecule has 0 spiro atoms. The maximum atomic E-state index is 12.6. The molecule has 1 aliphatic heterocycles. The summed E-state index contributed by atoms with van der Waals surface area (Å²) in [5.41, 5.74) is 0.333. The molecule has 9 nitrogen and oxygen atoms in total. The first-order valence-corrected chi connectivity index (χ1v) is 10.6. The fourth-order valence-electron chi connectivity index (χ4n) is 2.77. The maximum absolute atomic E-state index is 12.6. The van der Waals surface area contributed by atoms with E-state index >= 15 is 0 Å². The van der Waals surface area contributed by atoms with Crippen molar-refractivity contribution in [1.29, 1.82) is 0 Å². The lowest BCUT2D eigenvalue weighted by molar-refractivity contribution is 0.0469. The van der Waals surface area contributed by atoms with Crippen molar-refractivity contribution in [3.63, 3.8) is 0 Å². The monoisotopic (exact) mass is 422 g/mol. The van der Waals surface area contributed by atoms with Crippen molar-refractivity contribution in [2.24, 2.45) is 0 Å². The number of carbonyl (C=O) groups is 2. The van der Waals surface area contributed by atoms with Crippen LogP contribution < -0.4 is 4.74 Å². The number of benzene rings is 1. The van der Waals surface area contributed by atoms with Crippen LogP contribution in [-0.2, 0) is 19.5 Å². The average Bonchev–Trinajstić information content (AvgIpc) is 3.24. The van der Waals surface area contributed by atoms with Crippen LogP contribution in [0.4, 0.5) is 0 Å². The van der Waals surface area contributed by atoms with Gasteiger partial charge in [-0.1, -0.05) is 0 Å². The number of nitrogens with zero attached hydrogens (tertiary/aromatic N) is 1. The summed E-state index contributed by atoms with van der Waals surface area (Å²) in [7, 11) is -3.72. The van der Waals surface area contributed by atoms with Crippen molar-refractivity contribution in [2.45, 2.75) is 11.8 Å². The second-order valence-corrected chi connectivity index (χ2v) is 8.16. The number of hydrogen-bond donors (Lipinski definition) is 1. The molecule has 1 saturated heterocycles. The van der Waals surface area contributed by atoms with Gasteiger partial charge in [-0.3, -0.25) is 4.79 Å². The summed E-state index contributed by atoms with van der Waals surface area (Å²) in [4.78, 5) is 26.9. The van der Waals surface area contributed by atoms with Crippen molar-refractivity contribution < 1.29 is 32.2 Å². The number of aromatic amines is 1. The molecule has 1 aromatic heterocycles. The Morgan fingerprint density at radius 2 is 1.86 bits per heavy atom. The van der Waals surface area contributed by atoms with Crippen molar-refractivity contribution in [2.75, 3.05) is 39.5 Å². The number of hydrogen-bond acceptors (Lipinski definition) is 7. The van der Waals surface area contributed by atoms with E-state index in [1.165, 1.54) is 16.6 Å². The summed E-state index contributed by atoms with van der Waals surface area (Å²) in [5, 5.41) is 0. The molecule has 0 radical (unpaired) electrons. The third-order valence-electron chi connectivity index (χ3n) is 4.31. The number of H-pyrrole nitrogens is 1. The number of morpholine rings is 1. The molecule has 156 valence electrons. The van der Waals surface area contributed by atoms with Crippen molar-refractivity contribution in [3.05, 3.63) is 47.8 Å². The highest BCUT2D eigenvalue weighted by atomic mass is 32.2. The average molecular weight is 422 g/mol. The Balaban J connectivity index is 1.59. The molecular formula is C19H22N2O7S. The fraction of sp³-hybridized carbons (Fsp3) is 0.368. The molecule has 0 atom stereocenters. The molecule has 2 heterocycles. The van der Waals surface area contributed by atoms with Crippen molar-refractivity contribution in [1.82, 2.24) is 9.29 Å². The van der Waals surface area contributed by atoms with E-state index in [0.717, 1.165) is 0 Å². The zero-order valence-corrected chi connectivity index (χ0v) is 16.7. The molecular weight excluding hydrogens is 400 g/mol. The summed E-state index contributed by atoms with van der Waals surface area (Å²) < 4.78 is 41.9. The van der Waals surface area contributed by atoms with E-state index in [4.69, 9.17) is 14.2 Å². The third kappa shape index (κ3) is 5.03. The van der Waals surface area contributed by atoms with Crippen LogP contribution in [0.1, 0.15) is 27.8 Å². The van der Waals surface area contributed by atoms with Gasteiger partial charge in [0.2, 0.25) is 10.0 Å². The zero-order valence-electron chi connectivity index (χ0n) is 15.9. The molecule has 2 aromatic rings. The van der Waals surface area contributed by atoms with Crippen LogP contribution >= 0.6 is 0 Å². The van der Waals surface area contributed by atoms with Gasteiger partial charge in [0.15, 0.2) is 12.4 Å². The van der Waals surface area contributed by atoms with Gasteiger partial charge in [0, 0.05) is 24.8 Å². The number of Topliss-reactive ketones (excluding diaryl/α,β-unsaturated/α-hetero) is 1. The van der Waals surface area contributed by atoms with Crippen LogP contribution in [0.25, 0.3) is 0 Å². The van der Waals surface area contributed by atoms with E-state index in [1.807, 2.05) is 6.92 Å². The molecule has 3 rings (SSSR count). The lowest BCUT2D eigenvalue weighted by atomic mass is 10.1. The molecule has 1 N–H and O–H groups in total. The van der Waals surface area contributed by atoms with Gasteiger partial charge in [0.1, 0.15) is 16.3 Å². The Hall–Kier alpha value is -2.69. The molecule has 29 heavy (non-hydrogen) atoms. The van der Waals surface area contributed by atoms with Crippen LogP contribution in [0.2, 0.25) is 0 Å². The first-order valence-electron chi connectivity index (χ1n) is 9.11. The van der Waals surface area contributed by atoms with Crippen LogP contribution in [0, 0.1) is 0 Å². The Kier molecular flexibility index (Phi) is 6.68. The van der Waals surface area contributed by atoms with Gasteiger partial charge in [-0.15, -0.1) is 0 Å². The normalized spacial score (nSPS) is 15.1. The van der Waals surface area contributed by atoms with Gasteiger partial charge < -0.3 is 19.2 Å². The van der Waals surface area contributed by atoms with Gasteiger partial charge in [0.05, 0.1) is 19.8 Å². The number of ketones is 1. The van der Waals surface area contributed by atoms with Gasteiger partial charge in [0.25, 0.3) is 0 Å². The Morgan fingerprint density at radius 1 is 1.17 bits per heavy atom. The predicted molar refractivity (Wildman–Crippen MR) is 103 cm³/mol. The minimum atomic E-state index is -3.72. The molecule has 0 aliphatic carbocycles. The number of nitrogens with one attached hydrogen (secondary N) is 1. The topological polar surface area (TPSA) is 115 Å². The van der Waals surface area contributed by atoms with Gasteiger partial charge >= 0.3 is 5.97 Å². The van der Waals surface area contributed by atoms with Crippen molar-refractivity contribution in [3.8, 4) is 5.75 Å². The highest BCUT2D eigenvalue weighted by molar-refractivity contribution is 7.89. The van der Waals surface area contributed by atoms with E-state index in [-0.39, 0.29) is 29.5 Å². The quantitative estimate of drug-likeness (QED) is 0.506. The van der Waals surface area contributed by atoms with Crippen molar-refractivity contribution >= 4 is 21.8 Å². The minimum Gasteiger partial charge on any atom is -0.494 e. The highest BCUT2D eigenvalue weighted by Crippen LogP contribution is 2.18. The van der Waals surface area contributed by atoms with E-state index in [0.29, 0.717) is 31.1 Å². The van der Waals surface area contributed by atoms with E-state index < -0.39 is 22.6 Å². The molecule has 0 saturated carbocycles. The second-order valence-electron chi connectivity index (χ2n) is 6.22. The number of carbonyl (C=O) groups excluding carboxylic acids is 2. The Bertz CT molecular complexity index is 961. The maximum Gasteiger partial charge on any atom is 0.355 e. The summed E-state index contributed by atoms with van der Waals surface area (Å²) in [6, 6.07) is 7.69. The highest BCUT2D eigenvalue weighted by Gasteiger charge is 2.28. The number of sulfonamides is 1. The largest absolute Gasteiger partial charge is 0.494 e. The zero-order chi connectivity index (χ0) is 20.9. The molecule has 1 fully saturated rings. The summed E-state index contributed by atoms with van der Waals surface area (Å²) >= 11 is 0. The van der Waals surface area contributed by atoms with Crippen LogP contribution in [0.5, 0.6) is 5.75 Å². The minimum absolute atomic E-state index is 0.0378. The van der Waals surface area contributed by atoms with Gasteiger partial charge in [-0.05, 0) is 37.3 Å². The van der Waals surface area contributed by atoms with Crippen LogP contribution in [-0.4, -0.2) is 69.0 Å². The van der Waals surface area contributed by atoms with E-state index in [1.54, 1.807) is 24.3 Å². The lowest BCUT2D eigenvalue weighted by Gasteiger charge is -2.25. The number of ether oxygens (including phenoxy) is 3. The summed E-state index contributed by atoms with van der Waals surface area (Å²) in [6.07, 6.45) is 1.23. The predicted octanol–water partition coefficient (Wildman–Crippen LogP) is 1.47. The molecule has 10 heteroatoms. The molecule has 1 aromatic carbocycles. The van der Waals surface area contributed by atoms with Crippen LogP contribution in [0.3, 0.4) is 0 Å². The number of rotatable bonds is 8. The second kappa shape index (κ2) is 9.21. The van der Waals surface area contributed by atoms with Gasteiger partial charge in [-0.2, -0.15) is 4.31 Å². The molecule has 1 aliphatic rings. The lowest BCUT2D eigenvalue weighted by Crippen LogP contribution is -2.40. The molecule has 0 unspecified atom stereocenters. The summed E-state index contributed by atoms with van der Waals surface area (Å²) in [6.45, 7) is 3.07. The Labute approximate surface area is 168 Å². The van der Waals surface area contributed by atoms with Gasteiger partial charge in [-0.25, -0.2) is 13.2 Å². The Morgan fingerprint density at radius 3 is 2.52 bits per heavy atom. The number of aromatic nitrogens is 1. The number of esters is 1. The first-order chi connectivity index (χ1) is 13.9. The SMILES string of the molecule is CCOc1ccc(C(=O)COC(=O)c2cc(S(=O)(=O)N3CCOCC3)c[nH]2)cc1. The molecule has 0 bridgehead atoms. The third-order valence-corrected chi connectivity index (χ3v) is 6.18. The summed E-state index contributed by atoms with van der Waals surface area (Å²) in [5.74, 6) is -0.553. The van der Waals surface area contributed by atoms with E-state index in [2.05, 4.69) is 4.98 Å². The van der Waals surface area contributed by atoms with E-state index in [9.17, 15) is 18.0 Å². The smallest absolute Gasteiger partial charge is 0.355 e. The van der Waals surface area contributed by atoms with Crippen LogP contribution in [0.15, 0.2) is 41.4 Å². The molecule has 0 amide bonds. The standard InChI is InChI=1S/C19H22N2O7S/c1-2-27-15-5-3-14(4-6-15)18(22)13-28-19(23)17-11-16(12-20-17)29(24,25)21-7-9-26-10-8-21/h3-6,11-12,20H,2,7-10,13H2,1H3. The first kappa shape index (κ1) is 21.0.